The lowest BCUT2D eigenvalue weighted by molar-refractivity contribution is -0.0592. The van der Waals surface area contributed by atoms with Gasteiger partial charge >= 0.3 is 0 Å². The second kappa shape index (κ2) is 4.63. The number of nitriles is 1. The third-order valence-electron chi connectivity index (χ3n) is 2.19. The summed E-state index contributed by atoms with van der Waals surface area (Å²) < 4.78 is 11.0. The van der Waals surface area contributed by atoms with Crippen LogP contribution in [0.25, 0.3) is 0 Å². The van der Waals surface area contributed by atoms with Crippen LogP contribution in [0.2, 0.25) is 5.02 Å². The van der Waals surface area contributed by atoms with Gasteiger partial charge in [0.1, 0.15) is 0 Å². The molecule has 1 aliphatic heterocycles. The van der Waals surface area contributed by atoms with Crippen LogP contribution in [0.3, 0.4) is 0 Å². The van der Waals surface area contributed by atoms with E-state index in [1.165, 1.54) is 0 Å². The van der Waals surface area contributed by atoms with Gasteiger partial charge in [-0.05, 0) is 12.1 Å². The molecule has 2 rings (SSSR count). The zero-order valence-corrected chi connectivity index (χ0v) is 8.78. The van der Waals surface area contributed by atoms with Crippen molar-refractivity contribution in [3.8, 4) is 6.07 Å². The maximum absolute atomic E-state index is 8.52. The molecule has 1 aromatic rings. The summed E-state index contributed by atoms with van der Waals surface area (Å²) in [6, 6.07) is 9.41. The Hall–Kier alpha value is -1.08. The number of rotatable bonds is 2. The van der Waals surface area contributed by atoms with Gasteiger partial charge in [0, 0.05) is 10.6 Å². The van der Waals surface area contributed by atoms with E-state index in [0.29, 0.717) is 18.1 Å². The summed E-state index contributed by atoms with van der Waals surface area (Å²) in [5.41, 5.74) is 0.892. The molecule has 2 unspecified atom stereocenters. The van der Waals surface area contributed by atoms with Crippen molar-refractivity contribution in [1.29, 1.82) is 5.26 Å². The maximum Gasteiger partial charge on any atom is 0.184 e. The van der Waals surface area contributed by atoms with Crippen molar-refractivity contribution >= 4 is 11.6 Å². The Morgan fingerprint density at radius 2 is 2.40 bits per heavy atom. The Morgan fingerprint density at radius 1 is 1.53 bits per heavy atom. The third-order valence-corrected chi connectivity index (χ3v) is 2.42. The largest absolute Gasteiger partial charge is 0.346 e. The molecule has 0 radical (unpaired) electrons. The van der Waals surface area contributed by atoms with Gasteiger partial charge in [-0.3, -0.25) is 0 Å². The van der Waals surface area contributed by atoms with Crippen LogP contribution in [0.15, 0.2) is 24.3 Å². The van der Waals surface area contributed by atoms with E-state index in [-0.39, 0.29) is 12.4 Å². The first-order valence-electron chi connectivity index (χ1n) is 4.69. The molecule has 0 N–H and O–H groups in total. The molecule has 0 amide bonds. The Balaban J connectivity index is 2.05. The highest BCUT2D eigenvalue weighted by atomic mass is 35.5. The SMILES string of the molecule is N#CCC1COC(c2cccc(Cl)c2)O1. The molecular formula is C11H10ClNO2. The average molecular weight is 224 g/mol. The minimum Gasteiger partial charge on any atom is -0.346 e. The fraction of sp³-hybridized carbons (Fsp3) is 0.364. The molecule has 1 aromatic carbocycles. The van der Waals surface area contributed by atoms with Gasteiger partial charge in [0.25, 0.3) is 0 Å². The lowest BCUT2D eigenvalue weighted by atomic mass is 10.2. The summed E-state index contributed by atoms with van der Waals surface area (Å²) in [6.45, 7) is 0.463. The number of halogens is 1. The summed E-state index contributed by atoms with van der Waals surface area (Å²) in [6.07, 6.45) is -0.155. The molecule has 3 nitrogen and oxygen atoms in total. The molecular weight excluding hydrogens is 214 g/mol. The Labute approximate surface area is 93.2 Å². The van der Waals surface area contributed by atoms with Crippen molar-refractivity contribution in [3.05, 3.63) is 34.9 Å². The van der Waals surface area contributed by atoms with E-state index < -0.39 is 0 Å². The molecule has 1 saturated heterocycles. The predicted molar refractivity (Wildman–Crippen MR) is 55.2 cm³/mol. The van der Waals surface area contributed by atoms with Crippen LogP contribution >= 0.6 is 11.6 Å². The molecule has 15 heavy (non-hydrogen) atoms. The first kappa shape index (κ1) is 10.4. The van der Waals surface area contributed by atoms with Crippen molar-refractivity contribution in [2.24, 2.45) is 0 Å². The number of nitrogens with zero attached hydrogens (tertiary/aromatic N) is 1. The van der Waals surface area contributed by atoms with Gasteiger partial charge in [-0.15, -0.1) is 0 Å². The minimum absolute atomic E-state index is 0.126. The molecule has 1 fully saturated rings. The van der Waals surface area contributed by atoms with Crippen LogP contribution in [-0.2, 0) is 9.47 Å². The lowest BCUT2D eigenvalue weighted by Gasteiger charge is -2.10. The molecule has 0 aromatic heterocycles. The number of ether oxygens (including phenoxy) is 2. The van der Waals surface area contributed by atoms with Gasteiger partial charge in [0.15, 0.2) is 6.29 Å². The van der Waals surface area contributed by atoms with Gasteiger partial charge in [-0.2, -0.15) is 5.26 Å². The van der Waals surface area contributed by atoms with Crippen molar-refractivity contribution in [3.63, 3.8) is 0 Å². The van der Waals surface area contributed by atoms with Gasteiger partial charge in [-0.25, -0.2) is 0 Å². The van der Waals surface area contributed by atoms with Crippen molar-refractivity contribution in [2.45, 2.75) is 18.8 Å². The van der Waals surface area contributed by atoms with Crippen LogP contribution < -0.4 is 0 Å². The monoisotopic (exact) mass is 223 g/mol. The zero-order valence-electron chi connectivity index (χ0n) is 8.02. The molecule has 1 aliphatic rings. The standard InChI is InChI=1S/C11H10ClNO2/c12-9-3-1-2-8(6-9)11-14-7-10(15-11)4-5-13/h1-3,6,10-11H,4,7H2. The van der Waals surface area contributed by atoms with Crippen LogP contribution in [0.5, 0.6) is 0 Å². The maximum atomic E-state index is 8.52. The topological polar surface area (TPSA) is 42.2 Å². The van der Waals surface area contributed by atoms with Crippen molar-refractivity contribution < 1.29 is 9.47 Å². The first-order chi connectivity index (χ1) is 7.29. The highest BCUT2D eigenvalue weighted by Gasteiger charge is 2.26. The molecule has 1 heterocycles. The average Bonchev–Trinajstić information content (AvgIpc) is 2.67. The van der Waals surface area contributed by atoms with Crippen LogP contribution in [-0.4, -0.2) is 12.7 Å². The summed E-state index contributed by atoms with van der Waals surface area (Å²) in [5.74, 6) is 0. The smallest absolute Gasteiger partial charge is 0.184 e. The van der Waals surface area contributed by atoms with Gasteiger partial charge < -0.3 is 9.47 Å². The molecule has 78 valence electrons. The van der Waals surface area contributed by atoms with E-state index in [1.807, 2.05) is 12.1 Å². The molecule has 4 heteroatoms. The van der Waals surface area contributed by atoms with Crippen LogP contribution in [0.4, 0.5) is 0 Å². The summed E-state index contributed by atoms with van der Waals surface area (Å²) in [4.78, 5) is 0. The van der Waals surface area contributed by atoms with E-state index in [0.717, 1.165) is 5.56 Å². The quantitative estimate of drug-likeness (QED) is 0.774. The second-order valence-electron chi connectivity index (χ2n) is 3.34. The number of hydrogen-bond donors (Lipinski definition) is 0. The zero-order chi connectivity index (χ0) is 10.7. The first-order valence-corrected chi connectivity index (χ1v) is 5.07. The van der Waals surface area contributed by atoms with Gasteiger partial charge in [0.05, 0.1) is 25.2 Å². The van der Waals surface area contributed by atoms with E-state index in [9.17, 15) is 0 Å². The third kappa shape index (κ3) is 2.48. The molecule has 2 atom stereocenters. The molecule has 0 saturated carbocycles. The van der Waals surface area contributed by atoms with E-state index in [1.54, 1.807) is 12.1 Å². The summed E-state index contributed by atoms with van der Waals surface area (Å²) in [7, 11) is 0. The van der Waals surface area contributed by atoms with E-state index in [4.69, 9.17) is 26.3 Å². The number of benzene rings is 1. The van der Waals surface area contributed by atoms with Gasteiger partial charge in [0.2, 0.25) is 0 Å². The van der Waals surface area contributed by atoms with Crippen LogP contribution in [0, 0.1) is 11.3 Å². The summed E-state index contributed by atoms with van der Waals surface area (Å²) >= 11 is 5.86. The Morgan fingerprint density at radius 3 is 3.13 bits per heavy atom. The predicted octanol–water partition coefficient (Wildman–Crippen LogP) is 2.67. The molecule has 0 bridgehead atoms. The normalized spacial score (nSPS) is 25.1. The van der Waals surface area contributed by atoms with E-state index in [2.05, 4.69) is 6.07 Å². The molecule has 0 spiro atoms. The van der Waals surface area contributed by atoms with Crippen LogP contribution in [0.1, 0.15) is 18.3 Å². The Bertz CT molecular complexity index is 388. The summed E-state index contributed by atoms with van der Waals surface area (Å²) in [5, 5.41) is 9.18. The Kier molecular flexibility index (Phi) is 3.22. The van der Waals surface area contributed by atoms with Crippen molar-refractivity contribution in [2.75, 3.05) is 6.61 Å². The molecule has 0 aliphatic carbocycles. The number of hydrogen-bond acceptors (Lipinski definition) is 3. The lowest BCUT2D eigenvalue weighted by Crippen LogP contribution is -2.07. The highest BCUT2D eigenvalue weighted by molar-refractivity contribution is 6.30. The fourth-order valence-corrected chi connectivity index (χ4v) is 1.68. The van der Waals surface area contributed by atoms with E-state index >= 15 is 0 Å². The van der Waals surface area contributed by atoms with Crippen molar-refractivity contribution in [1.82, 2.24) is 0 Å². The minimum atomic E-state index is -0.387. The highest BCUT2D eigenvalue weighted by Crippen LogP contribution is 2.29. The second-order valence-corrected chi connectivity index (χ2v) is 3.78. The fourth-order valence-electron chi connectivity index (χ4n) is 1.48. The van der Waals surface area contributed by atoms with Gasteiger partial charge in [-0.1, -0.05) is 23.7 Å².